The molecule has 80 valence electrons. The van der Waals surface area contributed by atoms with Crippen molar-refractivity contribution in [2.75, 3.05) is 13.2 Å². The van der Waals surface area contributed by atoms with Crippen LogP contribution in [0.25, 0.3) is 0 Å². The highest BCUT2D eigenvalue weighted by Crippen LogP contribution is 2.17. The number of rotatable bonds is 4. The van der Waals surface area contributed by atoms with Gasteiger partial charge in [-0.15, -0.1) is 0 Å². The molecule has 4 heteroatoms. The number of ether oxygens (including phenoxy) is 1. The highest BCUT2D eigenvalue weighted by Gasteiger charge is 2.17. The van der Waals surface area contributed by atoms with Gasteiger partial charge in [-0.05, 0) is 6.92 Å². The van der Waals surface area contributed by atoms with Crippen molar-refractivity contribution in [3.05, 3.63) is 11.8 Å². The Bertz CT molecular complexity index is 304. The molecule has 0 atom stereocenters. The molecular formula is C10H19N3O. The first kappa shape index (κ1) is 11.0. The summed E-state index contributed by atoms with van der Waals surface area (Å²) in [6, 6.07) is 1.92. The van der Waals surface area contributed by atoms with E-state index in [2.05, 4.69) is 18.9 Å². The molecule has 1 heterocycles. The number of hydrogen-bond donors (Lipinski definition) is 1. The van der Waals surface area contributed by atoms with Crippen molar-refractivity contribution in [1.29, 1.82) is 0 Å². The van der Waals surface area contributed by atoms with E-state index < -0.39 is 0 Å². The largest absolute Gasteiger partial charge is 0.477 e. The molecule has 0 aliphatic rings. The molecule has 0 radical (unpaired) electrons. The summed E-state index contributed by atoms with van der Waals surface area (Å²) < 4.78 is 7.37. The Labute approximate surface area is 85.0 Å². The minimum Gasteiger partial charge on any atom is -0.477 e. The average Bonchev–Trinajstić information content (AvgIpc) is 2.42. The molecule has 14 heavy (non-hydrogen) atoms. The summed E-state index contributed by atoms with van der Waals surface area (Å²) in [5.74, 6) is 0.795. The minimum atomic E-state index is 0.0121. The summed E-state index contributed by atoms with van der Waals surface area (Å²) in [6.07, 6.45) is 0. The van der Waals surface area contributed by atoms with Gasteiger partial charge in [0, 0.05) is 25.1 Å². The molecule has 0 amide bonds. The van der Waals surface area contributed by atoms with Gasteiger partial charge in [-0.2, -0.15) is 5.10 Å². The zero-order valence-corrected chi connectivity index (χ0v) is 9.37. The summed E-state index contributed by atoms with van der Waals surface area (Å²) in [4.78, 5) is 0. The second-order valence-corrected chi connectivity index (χ2v) is 4.40. The maximum Gasteiger partial charge on any atom is 0.211 e. The summed E-state index contributed by atoms with van der Waals surface area (Å²) in [6.45, 7) is 7.33. The van der Waals surface area contributed by atoms with Crippen LogP contribution in [0, 0.1) is 12.3 Å². The molecule has 1 aromatic heterocycles. The van der Waals surface area contributed by atoms with Crippen LogP contribution in [-0.2, 0) is 7.05 Å². The number of nitrogens with zero attached hydrogens (tertiary/aromatic N) is 2. The molecule has 0 aromatic carbocycles. The van der Waals surface area contributed by atoms with Crippen molar-refractivity contribution >= 4 is 0 Å². The average molecular weight is 197 g/mol. The van der Waals surface area contributed by atoms with E-state index in [0.29, 0.717) is 13.2 Å². The predicted octanol–water partition coefficient (Wildman–Crippen LogP) is 1.09. The third-order valence-corrected chi connectivity index (χ3v) is 2.12. The topological polar surface area (TPSA) is 53.1 Å². The molecule has 0 saturated heterocycles. The highest BCUT2D eigenvalue weighted by atomic mass is 16.5. The van der Waals surface area contributed by atoms with Gasteiger partial charge in [-0.1, -0.05) is 13.8 Å². The van der Waals surface area contributed by atoms with E-state index in [4.69, 9.17) is 10.5 Å². The lowest BCUT2D eigenvalue weighted by Gasteiger charge is -2.22. The van der Waals surface area contributed by atoms with Crippen molar-refractivity contribution < 1.29 is 4.74 Å². The highest BCUT2D eigenvalue weighted by molar-refractivity contribution is 5.14. The summed E-state index contributed by atoms with van der Waals surface area (Å²) in [5, 5.41) is 4.20. The standard InChI is InChI=1S/C10H19N3O/c1-8-5-9(13(4)12-8)14-7-10(2,3)6-11/h5H,6-7,11H2,1-4H3. The van der Waals surface area contributed by atoms with Gasteiger partial charge in [0.2, 0.25) is 5.88 Å². The van der Waals surface area contributed by atoms with Crippen LogP contribution in [-0.4, -0.2) is 22.9 Å². The van der Waals surface area contributed by atoms with Crippen molar-refractivity contribution in [2.24, 2.45) is 18.2 Å². The number of aromatic nitrogens is 2. The lowest BCUT2D eigenvalue weighted by atomic mass is 9.95. The monoisotopic (exact) mass is 197 g/mol. The summed E-state index contributed by atoms with van der Waals surface area (Å²) >= 11 is 0. The molecule has 0 aliphatic heterocycles. The van der Waals surface area contributed by atoms with E-state index >= 15 is 0 Å². The van der Waals surface area contributed by atoms with Crippen LogP contribution in [0.3, 0.4) is 0 Å². The maximum absolute atomic E-state index is 5.63. The number of aryl methyl sites for hydroxylation is 2. The Morgan fingerprint density at radius 3 is 2.64 bits per heavy atom. The van der Waals surface area contributed by atoms with Gasteiger partial charge in [-0.3, -0.25) is 0 Å². The van der Waals surface area contributed by atoms with Crippen LogP contribution in [0.5, 0.6) is 5.88 Å². The van der Waals surface area contributed by atoms with Gasteiger partial charge < -0.3 is 10.5 Å². The zero-order chi connectivity index (χ0) is 10.8. The Hall–Kier alpha value is -1.03. The Balaban J connectivity index is 2.58. The quantitative estimate of drug-likeness (QED) is 0.786. The second kappa shape index (κ2) is 4.00. The SMILES string of the molecule is Cc1cc(OCC(C)(C)CN)n(C)n1. The van der Waals surface area contributed by atoms with E-state index in [0.717, 1.165) is 11.6 Å². The first-order chi connectivity index (χ1) is 6.44. The molecular weight excluding hydrogens is 178 g/mol. The van der Waals surface area contributed by atoms with Gasteiger partial charge in [0.15, 0.2) is 0 Å². The first-order valence-electron chi connectivity index (χ1n) is 4.78. The van der Waals surface area contributed by atoms with Gasteiger partial charge in [0.1, 0.15) is 0 Å². The summed E-state index contributed by atoms with van der Waals surface area (Å²) in [5.41, 5.74) is 6.59. The fraction of sp³-hybridized carbons (Fsp3) is 0.700. The van der Waals surface area contributed by atoms with E-state index in [1.807, 2.05) is 20.0 Å². The fourth-order valence-electron chi connectivity index (χ4n) is 1.05. The van der Waals surface area contributed by atoms with Gasteiger partial charge in [0.05, 0.1) is 12.3 Å². The van der Waals surface area contributed by atoms with Crippen molar-refractivity contribution in [3.8, 4) is 5.88 Å². The molecule has 0 fully saturated rings. The van der Waals surface area contributed by atoms with E-state index in [1.165, 1.54) is 0 Å². The van der Waals surface area contributed by atoms with Crippen molar-refractivity contribution in [1.82, 2.24) is 9.78 Å². The maximum atomic E-state index is 5.63. The van der Waals surface area contributed by atoms with Crippen LogP contribution in [0.4, 0.5) is 0 Å². The minimum absolute atomic E-state index is 0.0121. The van der Waals surface area contributed by atoms with Gasteiger partial charge >= 0.3 is 0 Å². The van der Waals surface area contributed by atoms with E-state index in [1.54, 1.807) is 4.68 Å². The third kappa shape index (κ3) is 2.73. The molecule has 4 nitrogen and oxygen atoms in total. The lowest BCUT2D eigenvalue weighted by molar-refractivity contribution is 0.175. The summed E-state index contributed by atoms with van der Waals surface area (Å²) in [7, 11) is 1.87. The molecule has 1 aromatic rings. The van der Waals surface area contributed by atoms with Crippen LogP contribution in [0.1, 0.15) is 19.5 Å². The molecule has 0 bridgehead atoms. The van der Waals surface area contributed by atoms with Crippen LogP contribution < -0.4 is 10.5 Å². The van der Waals surface area contributed by atoms with E-state index in [9.17, 15) is 0 Å². The number of nitrogens with two attached hydrogens (primary N) is 1. The van der Waals surface area contributed by atoms with Crippen LogP contribution in [0.15, 0.2) is 6.07 Å². The lowest BCUT2D eigenvalue weighted by Crippen LogP contribution is -2.30. The molecule has 0 unspecified atom stereocenters. The predicted molar refractivity (Wildman–Crippen MR) is 56.3 cm³/mol. The molecule has 0 spiro atoms. The normalized spacial score (nSPS) is 11.8. The zero-order valence-electron chi connectivity index (χ0n) is 9.37. The Kier molecular flexibility index (Phi) is 3.16. The molecule has 0 saturated carbocycles. The fourth-order valence-corrected chi connectivity index (χ4v) is 1.05. The number of hydrogen-bond acceptors (Lipinski definition) is 3. The van der Waals surface area contributed by atoms with Gasteiger partial charge in [-0.25, -0.2) is 4.68 Å². The van der Waals surface area contributed by atoms with Gasteiger partial charge in [0.25, 0.3) is 0 Å². The van der Waals surface area contributed by atoms with E-state index in [-0.39, 0.29) is 5.41 Å². The third-order valence-electron chi connectivity index (χ3n) is 2.12. The van der Waals surface area contributed by atoms with Crippen molar-refractivity contribution in [3.63, 3.8) is 0 Å². The smallest absolute Gasteiger partial charge is 0.211 e. The molecule has 1 rings (SSSR count). The van der Waals surface area contributed by atoms with Crippen LogP contribution >= 0.6 is 0 Å². The molecule has 2 N–H and O–H groups in total. The second-order valence-electron chi connectivity index (χ2n) is 4.40. The van der Waals surface area contributed by atoms with Crippen LogP contribution in [0.2, 0.25) is 0 Å². The molecule has 0 aliphatic carbocycles. The first-order valence-corrected chi connectivity index (χ1v) is 4.78. The Morgan fingerprint density at radius 2 is 2.21 bits per heavy atom. The Morgan fingerprint density at radius 1 is 1.57 bits per heavy atom. The van der Waals surface area contributed by atoms with Crippen molar-refractivity contribution in [2.45, 2.75) is 20.8 Å².